The second-order valence-corrected chi connectivity index (χ2v) is 7.99. The number of benzene rings is 2. The molecular weight excluding hydrogens is 393 g/mol. The van der Waals surface area contributed by atoms with Crippen molar-refractivity contribution in [3.05, 3.63) is 70.8 Å². The Morgan fingerprint density at radius 1 is 1.04 bits per heavy atom. The molecule has 8 heteroatoms. The first-order valence-corrected chi connectivity index (χ1v) is 10.1. The number of methoxy groups -OCH3 is 1. The van der Waals surface area contributed by atoms with Crippen LogP contribution in [0, 0.1) is 0 Å². The van der Waals surface area contributed by atoms with Gasteiger partial charge in [-0.05, 0) is 60.6 Å². The lowest BCUT2D eigenvalue weighted by Gasteiger charge is -2.18. The van der Waals surface area contributed by atoms with Crippen molar-refractivity contribution in [1.82, 2.24) is 0 Å². The van der Waals surface area contributed by atoms with Gasteiger partial charge >= 0.3 is 15.6 Å². The summed E-state index contributed by atoms with van der Waals surface area (Å²) in [7, 11) is -4.30. The molecule has 150 valence electrons. The Bertz CT molecular complexity index is 980. The van der Waals surface area contributed by atoms with Gasteiger partial charge in [-0.25, -0.2) is 0 Å². The molecule has 0 unspecified atom stereocenters. The van der Waals surface area contributed by atoms with Gasteiger partial charge in [0.15, 0.2) is 0 Å². The van der Waals surface area contributed by atoms with Crippen LogP contribution in [-0.4, -0.2) is 21.0 Å². The Balaban J connectivity index is 2.13. The molecule has 0 radical (unpaired) electrons. The van der Waals surface area contributed by atoms with E-state index in [-0.39, 0.29) is 5.76 Å². The summed E-state index contributed by atoms with van der Waals surface area (Å²) in [6, 6.07) is 14.0. The number of halogens is 3. The summed E-state index contributed by atoms with van der Waals surface area (Å²) in [5.74, 6) is 0.305. The minimum absolute atomic E-state index is 0.240. The van der Waals surface area contributed by atoms with Crippen molar-refractivity contribution >= 4 is 15.9 Å². The Morgan fingerprint density at radius 3 is 2.39 bits per heavy atom. The van der Waals surface area contributed by atoms with Gasteiger partial charge in [-0.15, -0.1) is 0 Å². The number of aryl methyl sites for hydroxylation is 1. The van der Waals surface area contributed by atoms with E-state index in [4.69, 9.17) is 8.92 Å². The first-order valence-electron chi connectivity index (χ1n) is 8.65. The number of hydrogen-bond acceptors (Lipinski definition) is 4. The fraction of sp³-hybridized carbons (Fsp3) is 0.300. The standard InChI is InChI=1S/C20H19F3O4S/c1-26-17-10-11-18-15(13-17)8-5-9-16(12-14-6-3-2-4-7-14)19(18)27-28(24,25)20(21,22)23/h2-4,6-7,10-11,13H,5,8-9,12H2,1H3. The molecule has 0 fully saturated rings. The smallest absolute Gasteiger partial charge is 0.497 e. The molecule has 4 nitrogen and oxygen atoms in total. The average molecular weight is 412 g/mol. The van der Waals surface area contributed by atoms with E-state index in [1.54, 1.807) is 18.2 Å². The van der Waals surface area contributed by atoms with Gasteiger partial charge in [0.2, 0.25) is 0 Å². The average Bonchev–Trinajstić information content (AvgIpc) is 2.80. The minimum atomic E-state index is -5.79. The van der Waals surface area contributed by atoms with Gasteiger partial charge < -0.3 is 8.92 Å². The SMILES string of the molecule is COc1ccc2c(c1)CCCC(Cc1ccccc1)=C2OS(=O)(=O)C(F)(F)F. The van der Waals surface area contributed by atoms with Crippen LogP contribution in [0.2, 0.25) is 0 Å². The molecule has 0 N–H and O–H groups in total. The summed E-state index contributed by atoms with van der Waals surface area (Å²) < 4.78 is 72.3. The maximum absolute atomic E-state index is 13.0. The Kier molecular flexibility index (Phi) is 5.69. The van der Waals surface area contributed by atoms with E-state index in [0.717, 1.165) is 5.56 Å². The molecule has 1 aliphatic rings. The van der Waals surface area contributed by atoms with E-state index >= 15 is 0 Å². The highest BCUT2D eigenvalue weighted by Gasteiger charge is 2.49. The van der Waals surface area contributed by atoms with E-state index < -0.39 is 15.6 Å². The molecule has 2 aromatic rings. The maximum Gasteiger partial charge on any atom is 0.534 e. The zero-order valence-electron chi connectivity index (χ0n) is 15.1. The second kappa shape index (κ2) is 7.87. The summed E-state index contributed by atoms with van der Waals surface area (Å²) in [6.07, 6.45) is 1.95. The first-order chi connectivity index (χ1) is 13.2. The van der Waals surface area contributed by atoms with Crippen LogP contribution in [-0.2, 0) is 27.1 Å². The Hall–Kier alpha value is -2.48. The van der Waals surface area contributed by atoms with Gasteiger partial charge in [-0.3, -0.25) is 0 Å². The molecule has 2 aromatic carbocycles. The summed E-state index contributed by atoms with van der Waals surface area (Å²) in [4.78, 5) is 0. The van der Waals surface area contributed by atoms with Gasteiger partial charge in [0, 0.05) is 5.56 Å². The van der Waals surface area contributed by atoms with Gasteiger partial charge in [-0.1, -0.05) is 30.3 Å². The third-order valence-electron chi connectivity index (χ3n) is 4.54. The molecule has 0 saturated heterocycles. The lowest BCUT2D eigenvalue weighted by molar-refractivity contribution is -0.0509. The summed E-state index contributed by atoms with van der Waals surface area (Å²) in [5, 5.41) is 0. The van der Waals surface area contributed by atoms with Crippen molar-refractivity contribution in [2.45, 2.75) is 31.2 Å². The summed E-state index contributed by atoms with van der Waals surface area (Å²) in [5.41, 5.74) is -3.09. The van der Waals surface area contributed by atoms with Crippen LogP contribution in [0.3, 0.4) is 0 Å². The highest BCUT2D eigenvalue weighted by molar-refractivity contribution is 7.87. The third kappa shape index (κ3) is 4.32. The lowest BCUT2D eigenvalue weighted by Crippen LogP contribution is -2.25. The van der Waals surface area contributed by atoms with E-state index in [0.29, 0.717) is 48.1 Å². The van der Waals surface area contributed by atoms with E-state index in [1.807, 2.05) is 30.3 Å². The monoisotopic (exact) mass is 412 g/mol. The number of fused-ring (bicyclic) bond motifs is 1. The fourth-order valence-corrected chi connectivity index (χ4v) is 3.71. The van der Waals surface area contributed by atoms with Gasteiger partial charge in [0.05, 0.1) is 7.11 Å². The minimum Gasteiger partial charge on any atom is -0.497 e. The molecule has 0 atom stereocenters. The van der Waals surface area contributed by atoms with Crippen molar-refractivity contribution in [3.8, 4) is 5.75 Å². The van der Waals surface area contributed by atoms with E-state index in [9.17, 15) is 21.6 Å². The summed E-state index contributed by atoms with van der Waals surface area (Å²) >= 11 is 0. The fourth-order valence-electron chi connectivity index (χ4n) is 3.19. The zero-order valence-corrected chi connectivity index (χ0v) is 15.9. The first kappa shape index (κ1) is 20.3. The molecule has 0 spiro atoms. The lowest BCUT2D eigenvalue weighted by atomic mass is 9.99. The van der Waals surface area contributed by atoms with Crippen molar-refractivity contribution in [2.75, 3.05) is 7.11 Å². The van der Waals surface area contributed by atoms with Crippen LogP contribution >= 0.6 is 0 Å². The van der Waals surface area contributed by atoms with Crippen molar-refractivity contribution in [3.63, 3.8) is 0 Å². The summed E-state index contributed by atoms with van der Waals surface area (Å²) in [6.45, 7) is 0. The number of alkyl halides is 3. The van der Waals surface area contributed by atoms with Gasteiger partial charge in [0.25, 0.3) is 0 Å². The normalized spacial score (nSPS) is 15.0. The molecule has 0 saturated carbocycles. The van der Waals surface area contributed by atoms with Crippen LogP contribution < -0.4 is 4.74 Å². The van der Waals surface area contributed by atoms with E-state index in [1.165, 1.54) is 7.11 Å². The quantitative estimate of drug-likeness (QED) is 0.520. The molecule has 0 amide bonds. The zero-order chi connectivity index (χ0) is 20.4. The van der Waals surface area contributed by atoms with Crippen LogP contribution in [0.1, 0.15) is 29.5 Å². The third-order valence-corrected chi connectivity index (χ3v) is 5.49. The molecule has 0 heterocycles. The molecule has 28 heavy (non-hydrogen) atoms. The van der Waals surface area contributed by atoms with Crippen molar-refractivity contribution in [2.24, 2.45) is 0 Å². The number of hydrogen-bond donors (Lipinski definition) is 0. The van der Waals surface area contributed by atoms with Gasteiger partial charge in [-0.2, -0.15) is 21.6 Å². The molecule has 0 aromatic heterocycles. The van der Waals surface area contributed by atoms with Crippen molar-refractivity contribution in [1.29, 1.82) is 0 Å². The highest BCUT2D eigenvalue weighted by atomic mass is 32.2. The molecule has 0 bridgehead atoms. The van der Waals surface area contributed by atoms with Gasteiger partial charge in [0.1, 0.15) is 11.5 Å². The second-order valence-electron chi connectivity index (χ2n) is 6.45. The van der Waals surface area contributed by atoms with Crippen molar-refractivity contribution < 1.29 is 30.5 Å². The largest absolute Gasteiger partial charge is 0.534 e. The molecule has 3 rings (SSSR count). The predicted octanol–water partition coefficient (Wildman–Crippen LogP) is 4.85. The topological polar surface area (TPSA) is 52.6 Å². The predicted molar refractivity (Wildman–Crippen MR) is 99.1 cm³/mol. The van der Waals surface area contributed by atoms with Crippen LogP contribution in [0.4, 0.5) is 13.2 Å². The van der Waals surface area contributed by atoms with Crippen LogP contribution in [0.15, 0.2) is 54.1 Å². The Morgan fingerprint density at radius 2 is 1.75 bits per heavy atom. The number of ether oxygens (including phenoxy) is 1. The van der Waals surface area contributed by atoms with Crippen LogP contribution in [0.25, 0.3) is 5.76 Å². The number of allylic oxidation sites excluding steroid dienone is 1. The molecular formula is C20H19F3O4S. The molecule has 0 aliphatic heterocycles. The molecule has 1 aliphatic carbocycles. The number of rotatable bonds is 5. The van der Waals surface area contributed by atoms with Crippen LogP contribution in [0.5, 0.6) is 5.75 Å². The maximum atomic E-state index is 13.0. The highest BCUT2D eigenvalue weighted by Crippen LogP contribution is 2.38. The Labute approximate surface area is 161 Å². The van der Waals surface area contributed by atoms with E-state index in [2.05, 4.69) is 0 Å².